The summed E-state index contributed by atoms with van der Waals surface area (Å²) >= 11 is 5.73. The van der Waals surface area contributed by atoms with Crippen LogP contribution in [0.3, 0.4) is 0 Å². The quantitative estimate of drug-likeness (QED) is 0.627. The summed E-state index contributed by atoms with van der Waals surface area (Å²) in [6.07, 6.45) is 3.95. The van der Waals surface area contributed by atoms with Crippen LogP contribution >= 0.6 is 11.6 Å². The highest BCUT2D eigenvalue weighted by Crippen LogP contribution is 2.28. The highest BCUT2D eigenvalue weighted by Gasteiger charge is 2.32. The number of carbonyl (C=O) groups is 1. The lowest BCUT2D eigenvalue weighted by Gasteiger charge is -2.30. The number of anilines is 1. The smallest absolute Gasteiger partial charge is 0.243 e. The number of carbonyl (C=O) groups excluding carboxylic acids is 1. The normalized spacial score (nSPS) is 15.7. The Morgan fingerprint density at radius 1 is 1.16 bits per heavy atom. The lowest BCUT2D eigenvalue weighted by Crippen LogP contribution is -2.41. The maximum absolute atomic E-state index is 13.4. The first-order valence-electron chi connectivity index (χ1n) is 9.58. The van der Waals surface area contributed by atoms with E-state index in [4.69, 9.17) is 11.6 Å². The second-order valence-corrected chi connectivity index (χ2v) is 9.45. The number of nitrogens with zero attached hydrogens (tertiary/aromatic N) is 4. The van der Waals surface area contributed by atoms with E-state index in [1.54, 1.807) is 29.2 Å². The van der Waals surface area contributed by atoms with Crippen LogP contribution in [0.15, 0.2) is 59.8 Å². The average Bonchev–Trinajstić information content (AvgIpc) is 3.31. The van der Waals surface area contributed by atoms with Crippen molar-refractivity contribution in [1.29, 1.82) is 0 Å². The predicted octanol–water partition coefficient (Wildman–Crippen LogP) is 3.10. The van der Waals surface area contributed by atoms with Crippen LogP contribution in [0, 0.1) is 11.7 Å². The fourth-order valence-electron chi connectivity index (χ4n) is 3.50. The molecule has 0 aliphatic carbocycles. The molecule has 1 aromatic heterocycles. The van der Waals surface area contributed by atoms with E-state index in [1.165, 1.54) is 10.4 Å². The minimum atomic E-state index is -3.81. The first-order valence-corrected chi connectivity index (χ1v) is 11.4. The number of amides is 1. The molecule has 31 heavy (non-hydrogen) atoms. The Kier molecular flexibility index (Phi) is 6.03. The number of benzene rings is 2. The Morgan fingerprint density at radius 3 is 2.58 bits per heavy atom. The standard InChI is InChI=1S/C20H19ClFN5O3S/c21-16-13-15(5-6-17(16)22)31(29,30)26-10-7-14(8-11-26)20(28)24-18-3-1-2-4-19(18)27-12-9-23-25-27/h1-6,9,12-14H,7-8,10-11H2,(H,24,28). The summed E-state index contributed by atoms with van der Waals surface area (Å²) < 4.78 is 41.9. The molecule has 2 aromatic carbocycles. The number of nitrogens with one attached hydrogen (secondary N) is 1. The molecule has 0 unspecified atom stereocenters. The van der Waals surface area contributed by atoms with Crippen molar-refractivity contribution in [3.8, 4) is 5.69 Å². The largest absolute Gasteiger partial charge is 0.324 e. The van der Waals surface area contributed by atoms with Gasteiger partial charge in [-0.05, 0) is 43.2 Å². The maximum Gasteiger partial charge on any atom is 0.243 e. The molecule has 4 rings (SSSR count). The van der Waals surface area contributed by atoms with E-state index in [9.17, 15) is 17.6 Å². The molecule has 0 radical (unpaired) electrons. The molecule has 1 aliphatic heterocycles. The zero-order valence-corrected chi connectivity index (χ0v) is 17.9. The van der Waals surface area contributed by atoms with Gasteiger partial charge in [-0.3, -0.25) is 4.79 Å². The van der Waals surface area contributed by atoms with Crippen LogP contribution < -0.4 is 5.32 Å². The number of halogens is 2. The molecular weight excluding hydrogens is 445 g/mol. The highest BCUT2D eigenvalue weighted by molar-refractivity contribution is 7.89. The van der Waals surface area contributed by atoms with Crippen molar-refractivity contribution in [2.75, 3.05) is 18.4 Å². The fourth-order valence-corrected chi connectivity index (χ4v) is 5.24. The third-order valence-corrected chi connectivity index (χ3v) is 7.37. The van der Waals surface area contributed by atoms with E-state index in [0.29, 0.717) is 24.2 Å². The molecule has 1 fully saturated rings. The number of rotatable bonds is 5. The lowest BCUT2D eigenvalue weighted by molar-refractivity contribution is -0.120. The summed E-state index contributed by atoms with van der Waals surface area (Å²) in [5.74, 6) is -1.20. The molecule has 1 amide bonds. The van der Waals surface area contributed by atoms with Crippen molar-refractivity contribution in [2.45, 2.75) is 17.7 Å². The summed E-state index contributed by atoms with van der Waals surface area (Å²) in [4.78, 5) is 12.7. The zero-order valence-electron chi connectivity index (χ0n) is 16.3. The van der Waals surface area contributed by atoms with Gasteiger partial charge in [0, 0.05) is 19.0 Å². The number of hydrogen-bond acceptors (Lipinski definition) is 5. The van der Waals surface area contributed by atoms with Crippen molar-refractivity contribution in [1.82, 2.24) is 19.3 Å². The maximum atomic E-state index is 13.4. The van der Waals surface area contributed by atoms with E-state index < -0.39 is 15.8 Å². The molecule has 0 bridgehead atoms. The lowest BCUT2D eigenvalue weighted by atomic mass is 9.97. The number of para-hydroxylation sites is 2. The molecule has 2 heterocycles. The van der Waals surface area contributed by atoms with Gasteiger partial charge in [-0.15, -0.1) is 5.10 Å². The molecule has 3 aromatic rings. The van der Waals surface area contributed by atoms with Gasteiger partial charge in [0.15, 0.2) is 0 Å². The Morgan fingerprint density at radius 2 is 1.90 bits per heavy atom. The first kappa shape index (κ1) is 21.4. The van der Waals surface area contributed by atoms with Crippen molar-refractivity contribution in [3.63, 3.8) is 0 Å². The second-order valence-electron chi connectivity index (χ2n) is 7.11. The van der Waals surface area contributed by atoms with Gasteiger partial charge in [0.25, 0.3) is 0 Å². The molecule has 1 aliphatic rings. The summed E-state index contributed by atoms with van der Waals surface area (Å²) in [5, 5.41) is 10.4. The predicted molar refractivity (Wildman–Crippen MR) is 113 cm³/mol. The summed E-state index contributed by atoms with van der Waals surface area (Å²) in [6, 6.07) is 10.5. The average molecular weight is 464 g/mol. The van der Waals surface area contributed by atoms with Crippen molar-refractivity contribution >= 4 is 33.2 Å². The Bertz CT molecular complexity index is 1200. The van der Waals surface area contributed by atoms with Crippen LogP contribution in [0.25, 0.3) is 5.69 Å². The molecule has 1 N–H and O–H groups in total. The van der Waals surface area contributed by atoms with Crippen LogP contribution in [0.5, 0.6) is 0 Å². The topological polar surface area (TPSA) is 97.2 Å². The van der Waals surface area contributed by atoms with Gasteiger partial charge in [0.1, 0.15) is 5.82 Å². The minimum Gasteiger partial charge on any atom is -0.324 e. The summed E-state index contributed by atoms with van der Waals surface area (Å²) in [6.45, 7) is 0.361. The van der Waals surface area contributed by atoms with E-state index >= 15 is 0 Å². The Labute approximate surface area is 183 Å². The molecule has 0 spiro atoms. The molecule has 8 nitrogen and oxygen atoms in total. The van der Waals surface area contributed by atoms with Crippen LogP contribution in [0.2, 0.25) is 5.02 Å². The molecular formula is C20H19ClFN5O3S. The molecule has 0 atom stereocenters. The first-order chi connectivity index (χ1) is 14.9. The van der Waals surface area contributed by atoms with Gasteiger partial charge >= 0.3 is 0 Å². The Balaban J connectivity index is 1.42. The van der Waals surface area contributed by atoms with Crippen LogP contribution in [0.4, 0.5) is 10.1 Å². The molecule has 11 heteroatoms. The fraction of sp³-hybridized carbons (Fsp3) is 0.250. The van der Waals surface area contributed by atoms with Crippen LogP contribution in [0.1, 0.15) is 12.8 Å². The number of aromatic nitrogens is 3. The van der Waals surface area contributed by atoms with Crippen LogP contribution in [-0.4, -0.2) is 46.7 Å². The highest BCUT2D eigenvalue weighted by atomic mass is 35.5. The van der Waals surface area contributed by atoms with Crippen LogP contribution in [-0.2, 0) is 14.8 Å². The van der Waals surface area contributed by atoms with Gasteiger partial charge in [-0.25, -0.2) is 17.5 Å². The van der Waals surface area contributed by atoms with Crippen molar-refractivity contribution in [3.05, 3.63) is 65.7 Å². The zero-order chi connectivity index (χ0) is 22.0. The molecule has 0 saturated carbocycles. The third-order valence-electron chi connectivity index (χ3n) is 5.18. The second kappa shape index (κ2) is 8.74. The van der Waals surface area contributed by atoms with E-state index in [1.807, 2.05) is 12.1 Å². The summed E-state index contributed by atoms with van der Waals surface area (Å²) in [5.41, 5.74) is 1.27. The van der Waals surface area contributed by atoms with Gasteiger partial charge in [0.05, 0.1) is 33.7 Å². The monoisotopic (exact) mass is 463 g/mol. The number of piperidine rings is 1. The van der Waals surface area contributed by atoms with Gasteiger partial charge in [0.2, 0.25) is 15.9 Å². The molecule has 1 saturated heterocycles. The van der Waals surface area contributed by atoms with E-state index in [2.05, 4.69) is 15.6 Å². The van der Waals surface area contributed by atoms with E-state index in [0.717, 1.165) is 12.1 Å². The minimum absolute atomic E-state index is 0.0661. The Hall–Kier alpha value is -2.82. The van der Waals surface area contributed by atoms with E-state index in [-0.39, 0.29) is 34.8 Å². The number of hydrogen-bond donors (Lipinski definition) is 1. The molecule has 162 valence electrons. The van der Waals surface area contributed by atoms with Gasteiger partial charge in [-0.1, -0.05) is 28.9 Å². The van der Waals surface area contributed by atoms with Gasteiger partial charge in [-0.2, -0.15) is 4.31 Å². The van der Waals surface area contributed by atoms with Gasteiger partial charge < -0.3 is 5.32 Å². The third kappa shape index (κ3) is 4.46. The van der Waals surface area contributed by atoms with Crippen molar-refractivity contribution in [2.24, 2.45) is 5.92 Å². The summed E-state index contributed by atoms with van der Waals surface area (Å²) in [7, 11) is -3.81. The van der Waals surface area contributed by atoms with Crippen molar-refractivity contribution < 1.29 is 17.6 Å². The number of sulfonamides is 1. The SMILES string of the molecule is O=C(Nc1ccccc1-n1ccnn1)C1CCN(S(=O)(=O)c2ccc(F)c(Cl)c2)CC1.